The predicted molar refractivity (Wildman–Crippen MR) is 117 cm³/mol. The number of guanidine groups is 1. The molecule has 0 bridgehead atoms. The molecule has 1 amide bonds. The van der Waals surface area contributed by atoms with E-state index >= 15 is 0 Å². The van der Waals surface area contributed by atoms with E-state index in [9.17, 15) is 4.79 Å². The van der Waals surface area contributed by atoms with Gasteiger partial charge in [-0.15, -0.1) is 0 Å². The summed E-state index contributed by atoms with van der Waals surface area (Å²) in [6, 6.07) is 14.9. The summed E-state index contributed by atoms with van der Waals surface area (Å²) in [7, 11) is 0. The van der Waals surface area contributed by atoms with Gasteiger partial charge in [0.1, 0.15) is 6.54 Å². The van der Waals surface area contributed by atoms with Gasteiger partial charge >= 0.3 is 0 Å². The van der Waals surface area contributed by atoms with E-state index in [1.807, 2.05) is 13.0 Å². The van der Waals surface area contributed by atoms with E-state index in [1.165, 1.54) is 5.56 Å². The number of carbonyl (C=O) groups excluding carboxylic acids is 1. The molecule has 1 aliphatic heterocycles. The Labute approximate surface area is 172 Å². The van der Waals surface area contributed by atoms with Gasteiger partial charge < -0.3 is 16.0 Å². The van der Waals surface area contributed by atoms with Crippen LogP contribution in [0.25, 0.3) is 0 Å². The number of rotatable bonds is 7. The van der Waals surface area contributed by atoms with Gasteiger partial charge in [0, 0.05) is 37.9 Å². The molecular formula is C22H30N6O. The molecule has 1 saturated heterocycles. The number of hydrogen-bond donors (Lipinski definition) is 3. The van der Waals surface area contributed by atoms with Crippen LogP contribution in [-0.2, 0) is 11.3 Å². The van der Waals surface area contributed by atoms with Crippen LogP contribution in [0.15, 0.2) is 59.9 Å². The van der Waals surface area contributed by atoms with Crippen molar-refractivity contribution >= 4 is 17.6 Å². The number of amides is 1. The average Bonchev–Trinajstić information content (AvgIpc) is 3.06. The van der Waals surface area contributed by atoms with Crippen LogP contribution in [0, 0.1) is 0 Å². The molecule has 1 fully saturated rings. The van der Waals surface area contributed by atoms with Crippen molar-refractivity contribution in [1.29, 1.82) is 0 Å². The number of pyridine rings is 1. The lowest BCUT2D eigenvalue weighted by Crippen LogP contribution is -2.45. The molecule has 7 nitrogen and oxygen atoms in total. The van der Waals surface area contributed by atoms with Crippen LogP contribution in [0.2, 0.25) is 0 Å². The molecule has 3 N–H and O–H groups in total. The minimum atomic E-state index is -0.166. The number of nitrogens with one attached hydrogen (secondary N) is 3. The second-order valence-electron chi connectivity index (χ2n) is 7.33. The standard InChI is InChI=1S/C22H30N6O/c1-3-24-22(25-14-21(29)26-19-10-7-11-23-13-19)27-20-12-17(2)28(16-20)15-18-8-5-4-6-9-18/h4-11,13,17,20H,3,12,14-16H2,1-2H3,(H,26,29)(H2,24,25,27). The first-order valence-electron chi connectivity index (χ1n) is 10.2. The molecule has 2 unspecified atom stereocenters. The number of benzene rings is 1. The third kappa shape index (κ3) is 6.57. The minimum Gasteiger partial charge on any atom is -0.357 e. The van der Waals surface area contributed by atoms with Gasteiger partial charge in [0.25, 0.3) is 0 Å². The summed E-state index contributed by atoms with van der Waals surface area (Å²) in [4.78, 5) is 23.1. The van der Waals surface area contributed by atoms with Crippen molar-refractivity contribution in [1.82, 2.24) is 20.5 Å². The molecule has 7 heteroatoms. The summed E-state index contributed by atoms with van der Waals surface area (Å²) in [6.45, 7) is 6.97. The summed E-state index contributed by atoms with van der Waals surface area (Å²) in [5.41, 5.74) is 2.00. The summed E-state index contributed by atoms with van der Waals surface area (Å²) in [5.74, 6) is 0.508. The molecule has 2 atom stereocenters. The van der Waals surface area contributed by atoms with Crippen molar-refractivity contribution in [3.05, 3.63) is 60.4 Å². The number of carbonyl (C=O) groups is 1. The first-order chi connectivity index (χ1) is 14.1. The monoisotopic (exact) mass is 394 g/mol. The first-order valence-corrected chi connectivity index (χ1v) is 10.2. The highest BCUT2D eigenvalue weighted by Crippen LogP contribution is 2.20. The highest BCUT2D eigenvalue weighted by Gasteiger charge is 2.29. The van der Waals surface area contributed by atoms with Gasteiger partial charge in [0.05, 0.1) is 11.9 Å². The summed E-state index contributed by atoms with van der Waals surface area (Å²) in [6.07, 6.45) is 4.33. The molecule has 0 aliphatic carbocycles. The Morgan fingerprint density at radius 3 is 2.79 bits per heavy atom. The molecule has 0 radical (unpaired) electrons. The van der Waals surface area contributed by atoms with Crippen molar-refractivity contribution in [2.24, 2.45) is 4.99 Å². The molecule has 3 rings (SSSR count). The Balaban J connectivity index is 1.53. The summed E-state index contributed by atoms with van der Waals surface area (Å²) >= 11 is 0. The number of nitrogens with zero attached hydrogens (tertiary/aromatic N) is 3. The zero-order valence-electron chi connectivity index (χ0n) is 17.1. The van der Waals surface area contributed by atoms with Crippen LogP contribution in [0.4, 0.5) is 5.69 Å². The SMILES string of the molecule is CCNC(=NCC(=O)Nc1cccnc1)NC1CC(C)N(Cc2ccccc2)C1. The van der Waals surface area contributed by atoms with Gasteiger partial charge in [0.15, 0.2) is 5.96 Å². The van der Waals surface area contributed by atoms with Crippen LogP contribution in [0.5, 0.6) is 0 Å². The molecule has 1 aromatic heterocycles. The minimum absolute atomic E-state index is 0.0558. The lowest BCUT2D eigenvalue weighted by Gasteiger charge is -2.21. The lowest BCUT2D eigenvalue weighted by molar-refractivity contribution is -0.114. The number of anilines is 1. The Hall–Kier alpha value is -2.93. The van der Waals surface area contributed by atoms with Gasteiger partial charge in [-0.3, -0.25) is 14.7 Å². The molecule has 0 saturated carbocycles. The molecule has 1 aromatic carbocycles. The van der Waals surface area contributed by atoms with E-state index in [1.54, 1.807) is 24.5 Å². The number of aromatic nitrogens is 1. The highest BCUT2D eigenvalue weighted by atomic mass is 16.1. The average molecular weight is 395 g/mol. The fourth-order valence-electron chi connectivity index (χ4n) is 3.54. The molecule has 1 aliphatic rings. The topological polar surface area (TPSA) is 81.6 Å². The van der Waals surface area contributed by atoms with Crippen LogP contribution in [0.3, 0.4) is 0 Å². The molecular weight excluding hydrogens is 364 g/mol. The second-order valence-corrected chi connectivity index (χ2v) is 7.33. The van der Waals surface area contributed by atoms with Gasteiger partial charge in [-0.2, -0.15) is 0 Å². The Morgan fingerprint density at radius 2 is 2.07 bits per heavy atom. The maximum atomic E-state index is 12.2. The van der Waals surface area contributed by atoms with Crippen LogP contribution in [0.1, 0.15) is 25.8 Å². The molecule has 2 aromatic rings. The van der Waals surface area contributed by atoms with E-state index in [2.05, 4.69) is 62.0 Å². The van der Waals surface area contributed by atoms with Gasteiger partial charge in [-0.05, 0) is 38.0 Å². The second kappa shape index (κ2) is 10.6. The highest BCUT2D eigenvalue weighted by molar-refractivity contribution is 5.93. The molecule has 2 heterocycles. The number of aliphatic imine (C=N–C) groups is 1. The Morgan fingerprint density at radius 1 is 1.24 bits per heavy atom. The quantitative estimate of drug-likeness (QED) is 0.496. The van der Waals surface area contributed by atoms with Crippen LogP contribution in [-0.4, -0.2) is 53.5 Å². The maximum absolute atomic E-state index is 12.2. The predicted octanol–water partition coefficient (Wildman–Crippen LogP) is 2.24. The normalized spacial score (nSPS) is 19.7. The lowest BCUT2D eigenvalue weighted by atomic mass is 10.2. The van der Waals surface area contributed by atoms with Crippen LogP contribution < -0.4 is 16.0 Å². The smallest absolute Gasteiger partial charge is 0.246 e. The fourth-order valence-corrected chi connectivity index (χ4v) is 3.54. The first kappa shape index (κ1) is 20.8. The van der Waals surface area contributed by atoms with Crippen LogP contribution >= 0.6 is 0 Å². The summed E-state index contributed by atoms with van der Waals surface area (Å²) < 4.78 is 0. The van der Waals surface area contributed by atoms with E-state index in [0.29, 0.717) is 23.7 Å². The zero-order valence-corrected chi connectivity index (χ0v) is 17.1. The third-order valence-electron chi connectivity index (χ3n) is 4.94. The largest absolute Gasteiger partial charge is 0.357 e. The Kier molecular flexibility index (Phi) is 7.58. The number of likely N-dealkylation sites (tertiary alicyclic amines) is 1. The molecule has 29 heavy (non-hydrogen) atoms. The number of hydrogen-bond acceptors (Lipinski definition) is 4. The van der Waals surface area contributed by atoms with Crippen molar-refractivity contribution in [2.45, 2.75) is 38.9 Å². The fraction of sp³-hybridized carbons (Fsp3) is 0.409. The van der Waals surface area contributed by atoms with E-state index < -0.39 is 0 Å². The van der Waals surface area contributed by atoms with E-state index in [-0.39, 0.29) is 12.5 Å². The van der Waals surface area contributed by atoms with Crippen molar-refractivity contribution < 1.29 is 4.79 Å². The Bertz CT molecular complexity index is 795. The van der Waals surface area contributed by atoms with Crippen molar-refractivity contribution in [3.63, 3.8) is 0 Å². The van der Waals surface area contributed by atoms with Crippen molar-refractivity contribution in [2.75, 3.05) is 25.0 Å². The third-order valence-corrected chi connectivity index (χ3v) is 4.94. The van der Waals surface area contributed by atoms with Crippen molar-refractivity contribution in [3.8, 4) is 0 Å². The van der Waals surface area contributed by atoms with E-state index in [0.717, 1.165) is 26.1 Å². The van der Waals surface area contributed by atoms with Gasteiger partial charge in [-0.1, -0.05) is 30.3 Å². The van der Waals surface area contributed by atoms with E-state index in [4.69, 9.17) is 0 Å². The van der Waals surface area contributed by atoms with Gasteiger partial charge in [0.2, 0.25) is 5.91 Å². The maximum Gasteiger partial charge on any atom is 0.246 e. The zero-order chi connectivity index (χ0) is 20.5. The molecule has 0 spiro atoms. The van der Waals surface area contributed by atoms with Gasteiger partial charge in [-0.25, -0.2) is 4.99 Å². The molecule has 154 valence electrons. The summed E-state index contributed by atoms with van der Waals surface area (Å²) in [5, 5.41) is 9.53.